The van der Waals surface area contributed by atoms with Crippen LogP contribution in [0.1, 0.15) is 25.3 Å². The molecule has 0 spiro atoms. The van der Waals surface area contributed by atoms with Crippen molar-refractivity contribution in [3.05, 3.63) is 58.4 Å². The number of aromatic nitrogens is 1. The molecule has 6 nitrogen and oxygen atoms in total. The van der Waals surface area contributed by atoms with E-state index in [-0.39, 0.29) is 5.56 Å². The maximum Gasteiger partial charge on any atom is 0.254 e. The Morgan fingerprint density at radius 3 is 2.61 bits per heavy atom. The molecule has 31 heavy (non-hydrogen) atoms. The van der Waals surface area contributed by atoms with Crippen molar-refractivity contribution in [2.75, 3.05) is 56.4 Å². The molecule has 0 aliphatic carbocycles. The van der Waals surface area contributed by atoms with Crippen LogP contribution in [0.15, 0.2) is 47.3 Å². The van der Waals surface area contributed by atoms with Gasteiger partial charge in [-0.05, 0) is 30.7 Å². The van der Waals surface area contributed by atoms with E-state index in [1.165, 1.54) is 5.56 Å². The number of hydrogen-bond donors (Lipinski definition) is 0. The lowest BCUT2D eigenvalue weighted by Gasteiger charge is -2.34. The highest BCUT2D eigenvalue weighted by Crippen LogP contribution is 2.33. The molecule has 0 N–H and O–H groups in total. The summed E-state index contributed by atoms with van der Waals surface area (Å²) in [5.41, 5.74) is 2.45. The van der Waals surface area contributed by atoms with Gasteiger partial charge in [-0.15, -0.1) is 0 Å². The number of morpholine rings is 1. The number of ether oxygens (including phenoxy) is 2. The molecule has 0 saturated carbocycles. The number of nitrogens with zero attached hydrogens (tertiary/aromatic N) is 3. The van der Waals surface area contributed by atoms with Crippen molar-refractivity contribution < 1.29 is 9.47 Å². The fourth-order valence-corrected chi connectivity index (χ4v) is 4.86. The van der Waals surface area contributed by atoms with Crippen LogP contribution in [0, 0.1) is 5.92 Å². The van der Waals surface area contributed by atoms with Gasteiger partial charge in [0.15, 0.2) is 0 Å². The zero-order valence-corrected chi connectivity index (χ0v) is 18.8. The quantitative estimate of drug-likeness (QED) is 0.608. The summed E-state index contributed by atoms with van der Waals surface area (Å²) in [6, 6.07) is 15.1. The third-order valence-electron chi connectivity index (χ3n) is 6.66. The Labute approximate surface area is 185 Å². The van der Waals surface area contributed by atoms with E-state index in [4.69, 9.17) is 9.47 Å². The normalized spacial score (nSPS) is 21.6. The summed E-state index contributed by atoms with van der Waals surface area (Å²) in [5.74, 6) is 1.63. The van der Waals surface area contributed by atoms with Gasteiger partial charge in [0.2, 0.25) is 0 Å². The summed E-state index contributed by atoms with van der Waals surface area (Å²) in [6.45, 7) is 7.73. The average molecular weight is 426 g/mol. The van der Waals surface area contributed by atoms with E-state index in [2.05, 4.69) is 53.1 Å². The minimum atomic E-state index is 0.0770. The van der Waals surface area contributed by atoms with Gasteiger partial charge in [0.1, 0.15) is 5.82 Å². The first kappa shape index (κ1) is 21.9. The van der Waals surface area contributed by atoms with Crippen LogP contribution in [0.2, 0.25) is 0 Å². The highest BCUT2D eigenvalue weighted by Gasteiger charge is 2.33. The van der Waals surface area contributed by atoms with Crippen molar-refractivity contribution in [3.8, 4) is 0 Å². The number of anilines is 2. The van der Waals surface area contributed by atoms with Crippen LogP contribution in [0.25, 0.3) is 0 Å². The molecule has 1 aromatic heterocycles. The van der Waals surface area contributed by atoms with Crippen LogP contribution in [0.5, 0.6) is 0 Å². The Balaban J connectivity index is 1.68. The molecule has 168 valence electrons. The fourth-order valence-electron chi connectivity index (χ4n) is 4.86. The van der Waals surface area contributed by atoms with Crippen molar-refractivity contribution in [2.45, 2.75) is 38.8 Å². The van der Waals surface area contributed by atoms with E-state index in [9.17, 15) is 4.79 Å². The van der Waals surface area contributed by atoms with Crippen LogP contribution in [-0.4, -0.2) is 57.2 Å². The molecule has 2 fully saturated rings. The van der Waals surface area contributed by atoms with Crippen LogP contribution in [0.4, 0.5) is 11.5 Å². The lowest BCUT2D eigenvalue weighted by Crippen LogP contribution is -2.40. The first-order valence-electron chi connectivity index (χ1n) is 11.5. The first-order chi connectivity index (χ1) is 15.2. The molecule has 0 bridgehead atoms. The Bertz CT molecular complexity index is 893. The lowest BCUT2D eigenvalue weighted by molar-refractivity contribution is 0.122. The number of benzene rings is 1. The van der Waals surface area contributed by atoms with Crippen LogP contribution < -0.4 is 15.4 Å². The summed E-state index contributed by atoms with van der Waals surface area (Å²) in [5, 5.41) is 0. The van der Waals surface area contributed by atoms with Crippen molar-refractivity contribution in [3.63, 3.8) is 0 Å². The predicted octanol–water partition coefficient (Wildman–Crippen LogP) is 3.18. The second-order valence-electron chi connectivity index (χ2n) is 8.72. The molecule has 2 unspecified atom stereocenters. The Morgan fingerprint density at radius 1 is 1.10 bits per heavy atom. The standard InChI is InChI=1S/C25H35N3O3/c1-20-9-11-27(23(20)17-21-7-4-3-5-8-21)24-18-22(26-12-15-31-16-13-26)19-25(29)28(24)10-6-14-30-2/h3-5,7-8,18-20,23H,6,9-17H2,1-2H3. The molecule has 0 radical (unpaired) electrons. The van der Waals surface area contributed by atoms with E-state index in [0.29, 0.717) is 38.3 Å². The second kappa shape index (κ2) is 10.3. The maximum absolute atomic E-state index is 13.2. The second-order valence-corrected chi connectivity index (χ2v) is 8.72. The van der Waals surface area contributed by atoms with Gasteiger partial charge in [-0.3, -0.25) is 9.36 Å². The Hall–Kier alpha value is -2.31. The lowest BCUT2D eigenvalue weighted by atomic mass is 9.96. The molecule has 0 amide bonds. The van der Waals surface area contributed by atoms with Gasteiger partial charge in [0.25, 0.3) is 5.56 Å². The van der Waals surface area contributed by atoms with Gasteiger partial charge in [-0.25, -0.2) is 0 Å². The summed E-state index contributed by atoms with van der Waals surface area (Å²) in [4.78, 5) is 18.0. The fraction of sp³-hybridized carbons (Fsp3) is 0.560. The SMILES string of the molecule is COCCCn1c(N2CCC(C)C2Cc2ccccc2)cc(N2CCOCC2)cc1=O. The summed E-state index contributed by atoms with van der Waals surface area (Å²) < 4.78 is 12.7. The molecule has 2 atom stereocenters. The molecule has 6 heteroatoms. The van der Waals surface area contributed by atoms with Crippen LogP contribution >= 0.6 is 0 Å². The minimum Gasteiger partial charge on any atom is -0.385 e. The van der Waals surface area contributed by atoms with E-state index < -0.39 is 0 Å². The third kappa shape index (κ3) is 5.13. The Kier molecular flexibility index (Phi) is 7.30. The van der Waals surface area contributed by atoms with E-state index in [0.717, 1.165) is 50.4 Å². The van der Waals surface area contributed by atoms with Crippen molar-refractivity contribution in [1.29, 1.82) is 0 Å². The maximum atomic E-state index is 13.2. The highest BCUT2D eigenvalue weighted by atomic mass is 16.5. The molecule has 1 aromatic carbocycles. The van der Waals surface area contributed by atoms with Crippen molar-refractivity contribution >= 4 is 11.5 Å². The molecule has 2 aliphatic rings. The van der Waals surface area contributed by atoms with Crippen LogP contribution in [-0.2, 0) is 22.4 Å². The van der Waals surface area contributed by atoms with Crippen molar-refractivity contribution in [1.82, 2.24) is 4.57 Å². The van der Waals surface area contributed by atoms with Gasteiger partial charge in [-0.1, -0.05) is 37.3 Å². The molecule has 4 rings (SSSR count). The van der Waals surface area contributed by atoms with Gasteiger partial charge in [-0.2, -0.15) is 0 Å². The summed E-state index contributed by atoms with van der Waals surface area (Å²) in [7, 11) is 1.71. The van der Waals surface area contributed by atoms with Gasteiger partial charge in [0.05, 0.1) is 13.2 Å². The molecule has 3 heterocycles. The van der Waals surface area contributed by atoms with E-state index in [1.807, 2.05) is 4.57 Å². The zero-order chi connectivity index (χ0) is 21.6. The van der Waals surface area contributed by atoms with Gasteiger partial charge in [0, 0.05) is 63.8 Å². The van der Waals surface area contributed by atoms with Gasteiger partial charge < -0.3 is 19.3 Å². The average Bonchev–Trinajstić information content (AvgIpc) is 3.16. The zero-order valence-electron chi connectivity index (χ0n) is 18.8. The van der Waals surface area contributed by atoms with Gasteiger partial charge >= 0.3 is 0 Å². The smallest absolute Gasteiger partial charge is 0.254 e. The predicted molar refractivity (Wildman–Crippen MR) is 125 cm³/mol. The topological polar surface area (TPSA) is 46.9 Å². The Morgan fingerprint density at radius 2 is 1.87 bits per heavy atom. The number of methoxy groups -OCH3 is 1. The first-order valence-corrected chi connectivity index (χ1v) is 11.5. The largest absolute Gasteiger partial charge is 0.385 e. The van der Waals surface area contributed by atoms with E-state index >= 15 is 0 Å². The molecular formula is C25H35N3O3. The summed E-state index contributed by atoms with van der Waals surface area (Å²) in [6.07, 6.45) is 2.97. The number of pyridine rings is 1. The minimum absolute atomic E-state index is 0.0770. The monoisotopic (exact) mass is 425 g/mol. The number of rotatable bonds is 8. The molecular weight excluding hydrogens is 390 g/mol. The van der Waals surface area contributed by atoms with Crippen molar-refractivity contribution in [2.24, 2.45) is 5.92 Å². The number of hydrogen-bond acceptors (Lipinski definition) is 5. The molecule has 2 aromatic rings. The van der Waals surface area contributed by atoms with E-state index in [1.54, 1.807) is 13.2 Å². The molecule has 2 saturated heterocycles. The van der Waals surface area contributed by atoms with Crippen LogP contribution in [0.3, 0.4) is 0 Å². The highest BCUT2D eigenvalue weighted by molar-refractivity contribution is 5.57. The summed E-state index contributed by atoms with van der Waals surface area (Å²) >= 11 is 0. The molecule has 2 aliphatic heterocycles. The third-order valence-corrected chi connectivity index (χ3v) is 6.66.